The molecule has 1 rings (SSSR count). The number of nitrogens with zero attached hydrogens (tertiary/aromatic N) is 1. The lowest BCUT2D eigenvalue weighted by molar-refractivity contribution is 0.0577. The van der Waals surface area contributed by atoms with Crippen molar-refractivity contribution in [2.75, 3.05) is 20.2 Å². The van der Waals surface area contributed by atoms with E-state index < -0.39 is 0 Å². The molecule has 0 spiro atoms. The molecule has 0 bridgehead atoms. The molecule has 2 amide bonds. The zero-order chi connectivity index (χ0) is 7.56. The van der Waals surface area contributed by atoms with Crippen LogP contribution >= 0.6 is 0 Å². The van der Waals surface area contributed by atoms with Crippen molar-refractivity contribution in [3.05, 3.63) is 0 Å². The maximum Gasteiger partial charge on any atom is 0.319 e. The summed E-state index contributed by atoms with van der Waals surface area (Å²) in [5.74, 6) is 0. The number of likely N-dealkylation sites (N-methyl/N-ethyl adjacent to an activating group) is 1. The molecular formula is C6H12N2O2. The van der Waals surface area contributed by atoms with Crippen LogP contribution in [-0.2, 0) is 4.74 Å². The lowest BCUT2D eigenvalue weighted by Crippen LogP contribution is -2.29. The van der Waals surface area contributed by atoms with Crippen molar-refractivity contribution in [2.24, 2.45) is 0 Å². The van der Waals surface area contributed by atoms with Gasteiger partial charge in [-0.3, -0.25) is 0 Å². The second kappa shape index (κ2) is 2.88. The Morgan fingerprint density at radius 3 is 3.00 bits per heavy atom. The Bertz CT molecular complexity index is 138. The predicted octanol–water partition coefficient (Wildman–Crippen LogP) is 0.00400. The predicted molar refractivity (Wildman–Crippen MR) is 36.6 cm³/mol. The molecule has 58 valence electrons. The minimum atomic E-state index is -0.109. The van der Waals surface area contributed by atoms with Crippen molar-refractivity contribution in [1.82, 2.24) is 10.2 Å². The van der Waals surface area contributed by atoms with Gasteiger partial charge in [0.15, 0.2) is 0 Å². The maximum absolute atomic E-state index is 10.8. The molecule has 4 nitrogen and oxygen atoms in total. The first-order valence-electron chi connectivity index (χ1n) is 3.37. The topological polar surface area (TPSA) is 41.6 Å². The van der Waals surface area contributed by atoms with Gasteiger partial charge in [0.05, 0.1) is 6.54 Å². The van der Waals surface area contributed by atoms with E-state index in [1.54, 1.807) is 11.9 Å². The molecule has 1 aliphatic heterocycles. The number of nitrogens with one attached hydrogen (secondary N) is 1. The maximum atomic E-state index is 10.8. The summed E-state index contributed by atoms with van der Waals surface area (Å²) in [4.78, 5) is 12.4. The highest BCUT2D eigenvalue weighted by Crippen LogP contribution is 2.00. The molecule has 0 saturated carbocycles. The van der Waals surface area contributed by atoms with Crippen LogP contribution in [0.25, 0.3) is 0 Å². The van der Waals surface area contributed by atoms with Crippen molar-refractivity contribution in [3.8, 4) is 0 Å². The Hall–Kier alpha value is -0.770. The Balaban J connectivity index is 2.34. The van der Waals surface area contributed by atoms with Crippen LogP contribution in [0.1, 0.15) is 6.92 Å². The Morgan fingerprint density at radius 2 is 2.60 bits per heavy atom. The lowest BCUT2D eigenvalue weighted by Gasteiger charge is -2.07. The summed E-state index contributed by atoms with van der Waals surface area (Å²) in [6.45, 7) is 3.19. The zero-order valence-corrected chi connectivity index (χ0v) is 6.26. The number of rotatable bonds is 2. The van der Waals surface area contributed by atoms with Crippen molar-refractivity contribution >= 4 is 6.03 Å². The monoisotopic (exact) mass is 144 g/mol. The van der Waals surface area contributed by atoms with Gasteiger partial charge in [0.25, 0.3) is 0 Å². The molecule has 1 unspecified atom stereocenters. The van der Waals surface area contributed by atoms with E-state index in [0.29, 0.717) is 13.2 Å². The molecule has 0 aromatic heterocycles. The van der Waals surface area contributed by atoms with E-state index >= 15 is 0 Å². The largest absolute Gasteiger partial charge is 0.357 e. The minimum absolute atomic E-state index is 0.0570. The highest BCUT2D eigenvalue weighted by Gasteiger charge is 2.25. The molecule has 1 N–H and O–H groups in total. The van der Waals surface area contributed by atoms with E-state index in [0.717, 1.165) is 0 Å². The summed E-state index contributed by atoms with van der Waals surface area (Å²) in [7, 11) is 1.74. The van der Waals surface area contributed by atoms with Crippen molar-refractivity contribution in [2.45, 2.75) is 13.2 Å². The number of hydrogen-bond donors (Lipinski definition) is 1. The summed E-state index contributed by atoms with van der Waals surface area (Å²) >= 11 is 0. The van der Waals surface area contributed by atoms with E-state index in [1.165, 1.54) is 0 Å². The molecule has 1 aliphatic rings. The highest BCUT2D eigenvalue weighted by atomic mass is 16.5. The van der Waals surface area contributed by atoms with Gasteiger partial charge in [-0.1, -0.05) is 0 Å². The first-order valence-corrected chi connectivity index (χ1v) is 3.37. The molecule has 4 heteroatoms. The Morgan fingerprint density at radius 1 is 1.90 bits per heavy atom. The average Bonchev–Trinajstić information content (AvgIpc) is 2.14. The minimum Gasteiger partial charge on any atom is -0.357 e. The molecule has 1 saturated heterocycles. The summed E-state index contributed by atoms with van der Waals surface area (Å²) in [6.07, 6.45) is -0.109. The number of urea groups is 1. The summed E-state index contributed by atoms with van der Waals surface area (Å²) in [5.41, 5.74) is 0. The number of carbonyl (C=O) groups excluding carboxylic acids is 1. The fourth-order valence-corrected chi connectivity index (χ4v) is 0.921. The van der Waals surface area contributed by atoms with Crippen LogP contribution in [0, 0.1) is 0 Å². The van der Waals surface area contributed by atoms with Crippen molar-refractivity contribution < 1.29 is 9.53 Å². The van der Waals surface area contributed by atoms with Gasteiger partial charge < -0.3 is 15.0 Å². The summed E-state index contributed by atoms with van der Waals surface area (Å²) in [6, 6.07) is -0.0570. The fraction of sp³-hybridized carbons (Fsp3) is 0.833. The van der Waals surface area contributed by atoms with Gasteiger partial charge in [-0.2, -0.15) is 0 Å². The van der Waals surface area contributed by atoms with Gasteiger partial charge in [-0.15, -0.1) is 0 Å². The van der Waals surface area contributed by atoms with E-state index in [-0.39, 0.29) is 12.3 Å². The Kier molecular flexibility index (Phi) is 2.11. The second-order valence-corrected chi connectivity index (χ2v) is 2.27. The van der Waals surface area contributed by atoms with E-state index in [1.807, 2.05) is 6.92 Å². The first-order chi connectivity index (χ1) is 4.74. The average molecular weight is 144 g/mol. The molecule has 0 aromatic carbocycles. The van der Waals surface area contributed by atoms with E-state index in [2.05, 4.69) is 5.32 Å². The quantitative estimate of drug-likeness (QED) is 0.593. The highest BCUT2D eigenvalue weighted by molar-refractivity contribution is 5.76. The van der Waals surface area contributed by atoms with Crippen LogP contribution in [0.3, 0.4) is 0 Å². The molecule has 0 radical (unpaired) electrons. The van der Waals surface area contributed by atoms with Crippen molar-refractivity contribution in [3.63, 3.8) is 0 Å². The second-order valence-electron chi connectivity index (χ2n) is 2.27. The van der Waals surface area contributed by atoms with Gasteiger partial charge in [0.1, 0.15) is 6.23 Å². The summed E-state index contributed by atoms with van der Waals surface area (Å²) < 4.78 is 5.17. The van der Waals surface area contributed by atoms with Crippen LogP contribution < -0.4 is 5.32 Å². The van der Waals surface area contributed by atoms with Gasteiger partial charge in [0.2, 0.25) is 0 Å². The number of hydrogen-bond acceptors (Lipinski definition) is 2. The van der Waals surface area contributed by atoms with Gasteiger partial charge in [-0.25, -0.2) is 4.79 Å². The number of amides is 2. The molecule has 1 atom stereocenters. The number of ether oxygens (including phenoxy) is 1. The van der Waals surface area contributed by atoms with Crippen LogP contribution in [0.2, 0.25) is 0 Å². The SMILES string of the molecule is CCOC1CN(C)C(=O)N1. The fourth-order valence-electron chi connectivity index (χ4n) is 0.921. The van der Waals surface area contributed by atoms with Crippen LogP contribution in [-0.4, -0.2) is 37.4 Å². The first kappa shape index (κ1) is 7.34. The van der Waals surface area contributed by atoms with Crippen molar-refractivity contribution in [1.29, 1.82) is 0 Å². The van der Waals surface area contributed by atoms with Gasteiger partial charge in [0, 0.05) is 13.7 Å². The van der Waals surface area contributed by atoms with Crippen LogP contribution in [0.15, 0.2) is 0 Å². The van der Waals surface area contributed by atoms with Crippen LogP contribution in [0.5, 0.6) is 0 Å². The van der Waals surface area contributed by atoms with E-state index in [4.69, 9.17) is 4.74 Å². The third-order valence-corrected chi connectivity index (χ3v) is 1.44. The molecule has 0 aliphatic carbocycles. The van der Waals surface area contributed by atoms with Gasteiger partial charge in [-0.05, 0) is 6.92 Å². The molecular weight excluding hydrogens is 132 g/mol. The molecule has 10 heavy (non-hydrogen) atoms. The van der Waals surface area contributed by atoms with Gasteiger partial charge >= 0.3 is 6.03 Å². The smallest absolute Gasteiger partial charge is 0.319 e. The third-order valence-electron chi connectivity index (χ3n) is 1.44. The zero-order valence-electron chi connectivity index (χ0n) is 6.26. The van der Waals surface area contributed by atoms with E-state index in [9.17, 15) is 4.79 Å². The molecule has 1 fully saturated rings. The third kappa shape index (κ3) is 1.39. The lowest BCUT2D eigenvalue weighted by atomic mass is 10.6. The normalized spacial score (nSPS) is 25.2. The number of carbonyl (C=O) groups is 1. The standard InChI is InChI=1S/C6H12N2O2/c1-3-10-5-4-8(2)6(9)7-5/h5H,3-4H2,1-2H3,(H,7,9). The summed E-state index contributed by atoms with van der Waals surface area (Å²) in [5, 5.41) is 2.67. The molecule has 1 heterocycles. The Labute approximate surface area is 60.1 Å². The molecule has 0 aromatic rings. The van der Waals surface area contributed by atoms with Crippen LogP contribution in [0.4, 0.5) is 4.79 Å².